The van der Waals surface area contributed by atoms with Crippen molar-refractivity contribution >= 4 is 17.6 Å². The van der Waals surface area contributed by atoms with Crippen LogP contribution in [-0.2, 0) is 0 Å². The summed E-state index contributed by atoms with van der Waals surface area (Å²) in [5, 5.41) is 6.54. The van der Waals surface area contributed by atoms with Gasteiger partial charge in [0.2, 0.25) is 11.8 Å². The number of carbonyl (C=O) groups is 1. The number of hydrogen-bond donors (Lipinski definition) is 1. The van der Waals surface area contributed by atoms with E-state index in [9.17, 15) is 13.6 Å². The molecule has 4 rings (SSSR count). The van der Waals surface area contributed by atoms with Gasteiger partial charge in [0.1, 0.15) is 5.75 Å². The van der Waals surface area contributed by atoms with E-state index in [1.165, 1.54) is 29.0 Å². The summed E-state index contributed by atoms with van der Waals surface area (Å²) in [6.07, 6.45) is 4.61. The summed E-state index contributed by atoms with van der Waals surface area (Å²) in [5.74, 6) is -0.312. The highest BCUT2D eigenvalue weighted by atomic mass is 19.3. The fourth-order valence-corrected chi connectivity index (χ4v) is 2.37. The number of alkyl halides is 2. The molecular weight excluding hydrogens is 372 g/mol. The lowest BCUT2D eigenvalue weighted by molar-refractivity contribution is -0.0498. The van der Waals surface area contributed by atoms with Gasteiger partial charge in [-0.2, -0.15) is 13.8 Å². The Hall–Kier alpha value is -4.02. The normalized spacial score (nSPS) is 11.0. The van der Waals surface area contributed by atoms with Gasteiger partial charge in [-0.25, -0.2) is 19.5 Å². The molecule has 0 aliphatic carbocycles. The van der Waals surface area contributed by atoms with Crippen molar-refractivity contribution in [1.82, 2.24) is 29.5 Å². The Balaban J connectivity index is 1.52. The van der Waals surface area contributed by atoms with Crippen LogP contribution in [0.4, 0.5) is 14.7 Å². The molecule has 4 aromatic rings. The van der Waals surface area contributed by atoms with E-state index in [-0.39, 0.29) is 23.3 Å². The molecule has 0 unspecified atom stereocenters. The minimum Gasteiger partial charge on any atom is -0.435 e. The minimum atomic E-state index is -2.89. The molecule has 1 N–H and O–H groups in total. The van der Waals surface area contributed by atoms with Crippen LogP contribution in [0.3, 0.4) is 0 Å². The van der Waals surface area contributed by atoms with Crippen LogP contribution in [-0.4, -0.2) is 42.1 Å². The van der Waals surface area contributed by atoms with Crippen LogP contribution < -0.4 is 10.1 Å². The van der Waals surface area contributed by atoms with Crippen molar-refractivity contribution in [3.05, 3.63) is 60.8 Å². The second-order valence-corrected chi connectivity index (χ2v) is 5.42. The number of anilines is 1. The molecule has 0 aliphatic rings. The van der Waals surface area contributed by atoms with Crippen molar-refractivity contribution in [2.45, 2.75) is 6.61 Å². The molecule has 0 bridgehead atoms. The summed E-state index contributed by atoms with van der Waals surface area (Å²) in [4.78, 5) is 28.6. The monoisotopic (exact) mass is 383 g/mol. The molecule has 1 aromatic carbocycles. The van der Waals surface area contributed by atoms with Gasteiger partial charge in [0.15, 0.2) is 0 Å². The second kappa shape index (κ2) is 7.31. The van der Waals surface area contributed by atoms with E-state index in [1.54, 1.807) is 30.5 Å². The van der Waals surface area contributed by atoms with Crippen molar-refractivity contribution < 1.29 is 18.3 Å². The molecule has 0 spiro atoms. The zero-order valence-corrected chi connectivity index (χ0v) is 14.0. The van der Waals surface area contributed by atoms with E-state index in [1.807, 2.05) is 0 Å². The lowest BCUT2D eigenvalue weighted by atomic mass is 10.1. The second-order valence-electron chi connectivity index (χ2n) is 5.42. The third-order valence-electron chi connectivity index (χ3n) is 3.58. The van der Waals surface area contributed by atoms with Gasteiger partial charge in [0.25, 0.3) is 11.7 Å². The average Bonchev–Trinajstić information content (AvgIpc) is 3.13. The molecule has 0 radical (unpaired) electrons. The fraction of sp³-hybridized carbons (Fsp3) is 0.0588. The van der Waals surface area contributed by atoms with Crippen molar-refractivity contribution in [2.75, 3.05) is 5.32 Å². The molecule has 0 atom stereocenters. The lowest BCUT2D eigenvalue weighted by Gasteiger charge is -2.06. The highest BCUT2D eigenvalue weighted by Gasteiger charge is 2.15. The van der Waals surface area contributed by atoms with Crippen LogP contribution in [0.25, 0.3) is 17.0 Å². The lowest BCUT2D eigenvalue weighted by Crippen LogP contribution is -2.16. The van der Waals surface area contributed by atoms with Gasteiger partial charge in [-0.15, -0.1) is 5.10 Å². The predicted octanol–water partition coefficient (Wildman–Crippen LogP) is 2.43. The number of hydrogen-bond acceptors (Lipinski definition) is 7. The van der Waals surface area contributed by atoms with E-state index in [0.29, 0.717) is 11.3 Å². The number of nitrogens with one attached hydrogen (secondary N) is 1. The minimum absolute atomic E-state index is 0.0351. The first-order chi connectivity index (χ1) is 13.6. The molecule has 1 amide bonds. The van der Waals surface area contributed by atoms with Crippen LogP contribution in [0.5, 0.6) is 5.75 Å². The predicted molar refractivity (Wildman–Crippen MR) is 92.8 cm³/mol. The van der Waals surface area contributed by atoms with Crippen LogP contribution in [0.1, 0.15) is 10.6 Å². The van der Waals surface area contributed by atoms with Crippen LogP contribution >= 0.6 is 0 Å². The van der Waals surface area contributed by atoms with E-state index in [0.717, 1.165) is 0 Å². The van der Waals surface area contributed by atoms with E-state index in [4.69, 9.17) is 0 Å². The number of benzene rings is 1. The number of rotatable bonds is 5. The maximum atomic E-state index is 12.3. The highest BCUT2D eigenvalue weighted by Crippen LogP contribution is 2.22. The number of ether oxygens (including phenoxy) is 1. The number of nitrogens with zero attached hydrogens (tertiary/aromatic N) is 6. The quantitative estimate of drug-likeness (QED) is 0.564. The number of amides is 1. The standard InChI is InChI=1S/C17H11F2N7O2/c18-15(19)28-11-4-2-10(3-5-11)12-6-8-20-16(22-12)24-14(27)13-23-17-21-7-1-9-26(17)25-13/h1-9,15H,(H,20,22,24,27). The Morgan fingerprint density at radius 3 is 2.64 bits per heavy atom. The van der Waals surface area contributed by atoms with Gasteiger partial charge in [0, 0.05) is 24.2 Å². The average molecular weight is 383 g/mol. The first-order valence-electron chi connectivity index (χ1n) is 7.95. The summed E-state index contributed by atoms with van der Waals surface area (Å²) in [5.41, 5.74) is 1.12. The molecule has 28 heavy (non-hydrogen) atoms. The number of fused-ring (bicyclic) bond motifs is 1. The van der Waals surface area contributed by atoms with Gasteiger partial charge < -0.3 is 4.74 Å². The maximum Gasteiger partial charge on any atom is 0.387 e. The summed E-state index contributed by atoms with van der Waals surface area (Å²) in [7, 11) is 0. The summed E-state index contributed by atoms with van der Waals surface area (Å²) in [6, 6.07) is 9.21. The van der Waals surface area contributed by atoms with Crippen LogP contribution in [0, 0.1) is 0 Å². The Kier molecular flexibility index (Phi) is 4.54. The molecular formula is C17H11F2N7O2. The number of carbonyl (C=O) groups excluding carboxylic acids is 1. The maximum absolute atomic E-state index is 12.3. The molecule has 0 saturated carbocycles. The zero-order valence-electron chi connectivity index (χ0n) is 14.0. The Morgan fingerprint density at radius 2 is 1.89 bits per heavy atom. The molecule has 0 fully saturated rings. The van der Waals surface area contributed by atoms with Gasteiger partial charge in [-0.05, 0) is 36.4 Å². The first-order valence-corrected chi connectivity index (χ1v) is 7.95. The molecule has 3 heterocycles. The van der Waals surface area contributed by atoms with Crippen molar-refractivity contribution in [2.24, 2.45) is 0 Å². The Bertz CT molecular complexity index is 1100. The summed E-state index contributed by atoms with van der Waals surface area (Å²) < 4.78 is 30.1. The zero-order chi connectivity index (χ0) is 19.5. The summed E-state index contributed by atoms with van der Waals surface area (Å²) >= 11 is 0. The smallest absolute Gasteiger partial charge is 0.387 e. The Morgan fingerprint density at radius 1 is 1.07 bits per heavy atom. The topological polar surface area (TPSA) is 107 Å². The van der Waals surface area contributed by atoms with Gasteiger partial charge in [0.05, 0.1) is 5.69 Å². The van der Waals surface area contributed by atoms with Crippen molar-refractivity contribution in [3.8, 4) is 17.0 Å². The molecule has 11 heteroatoms. The third kappa shape index (κ3) is 3.72. The van der Waals surface area contributed by atoms with Crippen molar-refractivity contribution in [3.63, 3.8) is 0 Å². The van der Waals surface area contributed by atoms with Crippen LogP contribution in [0.2, 0.25) is 0 Å². The van der Waals surface area contributed by atoms with Gasteiger partial charge in [-0.3, -0.25) is 10.1 Å². The van der Waals surface area contributed by atoms with Gasteiger partial charge >= 0.3 is 6.61 Å². The Labute approximate surface area is 156 Å². The highest BCUT2D eigenvalue weighted by molar-refractivity contribution is 6.00. The molecule has 140 valence electrons. The van der Waals surface area contributed by atoms with E-state index in [2.05, 4.69) is 35.1 Å². The van der Waals surface area contributed by atoms with E-state index >= 15 is 0 Å². The third-order valence-corrected chi connectivity index (χ3v) is 3.58. The first kappa shape index (κ1) is 17.4. The van der Waals surface area contributed by atoms with Crippen LogP contribution in [0.15, 0.2) is 55.0 Å². The molecule has 0 aliphatic heterocycles. The summed E-state index contributed by atoms with van der Waals surface area (Å²) in [6.45, 7) is -2.89. The largest absolute Gasteiger partial charge is 0.435 e. The number of aromatic nitrogens is 6. The number of halogens is 2. The SMILES string of the molecule is O=C(Nc1nccc(-c2ccc(OC(F)F)cc2)n1)c1nc2ncccn2n1. The molecule has 0 saturated heterocycles. The fourth-order valence-electron chi connectivity index (χ4n) is 2.37. The molecule has 9 nitrogen and oxygen atoms in total. The van der Waals surface area contributed by atoms with Gasteiger partial charge in [-0.1, -0.05) is 0 Å². The molecule has 3 aromatic heterocycles. The van der Waals surface area contributed by atoms with E-state index < -0.39 is 12.5 Å². The van der Waals surface area contributed by atoms with Crippen molar-refractivity contribution in [1.29, 1.82) is 0 Å².